The number of carbonyl (C=O) groups excluding carboxylic acids is 3. The zero-order valence-corrected chi connectivity index (χ0v) is 15.8. The molecule has 154 valence electrons. The number of alkyl halides is 3. The van der Waals surface area contributed by atoms with Gasteiger partial charge in [-0.05, 0) is 31.2 Å². The number of amides is 2. The van der Waals surface area contributed by atoms with Crippen molar-refractivity contribution in [1.29, 1.82) is 0 Å². The Balaban J connectivity index is 2.43. The normalized spacial score (nSPS) is 10.9. The molecule has 0 aliphatic heterocycles. The van der Waals surface area contributed by atoms with Crippen LogP contribution in [0.15, 0.2) is 54.6 Å². The maximum Gasteiger partial charge on any atom is 0.471 e. The van der Waals surface area contributed by atoms with Gasteiger partial charge in [0.2, 0.25) is 5.91 Å². The Bertz CT molecular complexity index is 885. The Labute approximate surface area is 165 Å². The molecule has 0 N–H and O–H groups in total. The van der Waals surface area contributed by atoms with Crippen LogP contribution in [0.2, 0.25) is 0 Å². The molecule has 2 aromatic rings. The first-order valence-electron chi connectivity index (χ1n) is 8.63. The molecule has 0 aliphatic carbocycles. The summed E-state index contributed by atoms with van der Waals surface area (Å²) in [7, 11) is 1.38. The van der Waals surface area contributed by atoms with Crippen LogP contribution in [0.4, 0.5) is 24.5 Å². The molecule has 0 bridgehead atoms. The second-order valence-corrected chi connectivity index (χ2v) is 5.91. The number of para-hydroxylation sites is 2. The number of benzene rings is 2. The molecular weight excluding hydrogens is 389 g/mol. The summed E-state index contributed by atoms with van der Waals surface area (Å²) in [5.41, 5.74) is -0.166. The van der Waals surface area contributed by atoms with Gasteiger partial charge in [0, 0.05) is 12.7 Å². The van der Waals surface area contributed by atoms with E-state index in [0.717, 1.165) is 11.0 Å². The number of halogens is 3. The maximum absolute atomic E-state index is 13.2. The van der Waals surface area contributed by atoms with Crippen molar-refractivity contribution in [3.05, 3.63) is 60.2 Å². The topological polar surface area (TPSA) is 66.9 Å². The van der Waals surface area contributed by atoms with Crippen molar-refractivity contribution < 1.29 is 32.3 Å². The van der Waals surface area contributed by atoms with E-state index in [9.17, 15) is 27.6 Å². The zero-order valence-electron chi connectivity index (χ0n) is 15.8. The Morgan fingerprint density at radius 3 is 2.14 bits per heavy atom. The summed E-state index contributed by atoms with van der Waals surface area (Å²) in [6.45, 7) is 0.619. The second kappa shape index (κ2) is 9.22. The smallest absolute Gasteiger partial charge is 0.462 e. The molecule has 2 amide bonds. The fraction of sp³-hybridized carbons (Fsp3) is 0.250. The van der Waals surface area contributed by atoms with Gasteiger partial charge in [-0.25, -0.2) is 4.79 Å². The Hall–Kier alpha value is -3.36. The Morgan fingerprint density at radius 2 is 1.55 bits per heavy atom. The largest absolute Gasteiger partial charge is 0.471 e. The number of hydrogen-bond acceptors (Lipinski definition) is 4. The van der Waals surface area contributed by atoms with Crippen LogP contribution in [0.3, 0.4) is 0 Å². The van der Waals surface area contributed by atoms with Crippen molar-refractivity contribution in [2.24, 2.45) is 0 Å². The van der Waals surface area contributed by atoms with Crippen molar-refractivity contribution in [1.82, 2.24) is 0 Å². The lowest BCUT2D eigenvalue weighted by Gasteiger charge is -2.27. The summed E-state index contributed by atoms with van der Waals surface area (Å²) in [6, 6.07) is 13.4. The first-order chi connectivity index (χ1) is 13.7. The molecule has 2 aromatic carbocycles. The number of nitrogens with zero attached hydrogens (tertiary/aromatic N) is 2. The van der Waals surface area contributed by atoms with Crippen LogP contribution < -0.4 is 9.80 Å². The van der Waals surface area contributed by atoms with Crippen molar-refractivity contribution in [3.63, 3.8) is 0 Å². The quantitative estimate of drug-likeness (QED) is 0.687. The lowest BCUT2D eigenvalue weighted by atomic mass is 10.1. The van der Waals surface area contributed by atoms with Crippen molar-refractivity contribution >= 4 is 29.2 Å². The van der Waals surface area contributed by atoms with E-state index in [4.69, 9.17) is 4.74 Å². The third-order valence-electron chi connectivity index (χ3n) is 3.99. The molecule has 0 atom stereocenters. The molecule has 0 unspecified atom stereocenters. The zero-order chi connectivity index (χ0) is 21.6. The number of likely N-dealkylation sites (N-methyl/N-ethyl adjacent to an activating group) is 1. The highest BCUT2D eigenvalue weighted by Crippen LogP contribution is 2.27. The van der Waals surface area contributed by atoms with E-state index in [0.29, 0.717) is 5.69 Å². The predicted molar refractivity (Wildman–Crippen MR) is 101 cm³/mol. The average Bonchev–Trinajstić information content (AvgIpc) is 2.71. The van der Waals surface area contributed by atoms with E-state index in [2.05, 4.69) is 0 Å². The number of rotatable bonds is 6. The van der Waals surface area contributed by atoms with Crippen LogP contribution in [0.25, 0.3) is 0 Å². The van der Waals surface area contributed by atoms with Crippen LogP contribution >= 0.6 is 0 Å². The van der Waals surface area contributed by atoms with Gasteiger partial charge in [0.15, 0.2) is 0 Å². The van der Waals surface area contributed by atoms with Crippen LogP contribution in [-0.2, 0) is 14.3 Å². The van der Waals surface area contributed by atoms with Gasteiger partial charge in [0.05, 0.1) is 17.9 Å². The lowest BCUT2D eigenvalue weighted by Crippen LogP contribution is -2.47. The van der Waals surface area contributed by atoms with Gasteiger partial charge in [0.1, 0.15) is 6.54 Å². The number of esters is 1. The minimum atomic E-state index is -5.24. The first-order valence-corrected chi connectivity index (χ1v) is 8.63. The van der Waals surface area contributed by atoms with Crippen molar-refractivity contribution in [3.8, 4) is 0 Å². The van der Waals surface area contributed by atoms with Gasteiger partial charge in [-0.2, -0.15) is 13.2 Å². The molecular formula is C20H19F3N2O4. The summed E-state index contributed by atoms with van der Waals surface area (Å²) in [5.74, 6) is -3.93. The summed E-state index contributed by atoms with van der Waals surface area (Å²) >= 11 is 0. The first kappa shape index (κ1) is 21.9. The third kappa shape index (κ3) is 5.34. The van der Waals surface area contributed by atoms with E-state index in [1.54, 1.807) is 30.3 Å². The fourth-order valence-corrected chi connectivity index (χ4v) is 2.55. The molecule has 2 rings (SSSR count). The monoisotopic (exact) mass is 408 g/mol. The van der Waals surface area contributed by atoms with E-state index < -0.39 is 30.5 Å². The highest BCUT2D eigenvalue weighted by molar-refractivity contribution is 6.08. The van der Waals surface area contributed by atoms with E-state index in [1.165, 1.54) is 32.2 Å². The molecule has 0 radical (unpaired) electrons. The van der Waals surface area contributed by atoms with Gasteiger partial charge in [-0.15, -0.1) is 0 Å². The summed E-state index contributed by atoms with van der Waals surface area (Å²) in [6.07, 6.45) is -5.24. The van der Waals surface area contributed by atoms with E-state index in [1.807, 2.05) is 0 Å². The van der Waals surface area contributed by atoms with Crippen LogP contribution in [0, 0.1) is 0 Å². The number of ether oxygens (including phenoxy) is 1. The van der Waals surface area contributed by atoms with Gasteiger partial charge in [-0.3, -0.25) is 14.5 Å². The molecule has 0 saturated heterocycles. The minimum absolute atomic E-state index is 0.00391. The van der Waals surface area contributed by atoms with E-state index >= 15 is 0 Å². The van der Waals surface area contributed by atoms with Crippen LogP contribution in [-0.4, -0.2) is 44.2 Å². The van der Waals surface area contributed by atoms with Gasteiger partial charge in [-0.1, -0.05) is 30.3 Å². The molecule has 9 heteroatoms. The molecule has 6 nitrogen and oxygen atoms in total. The molecule has 0 aromatic heterocycles. The van der Waals surface area contributed by atoms with Gasteiger partial charge in [0.25, 0.3) is 0 Å². The van der Waals surface area contributed by atoms with Crippen LogP contribution in [0.1, 0.15) is 17.3 Å². The molecule has 0 heterocycles. The molecule has 0 saturated carbocycles. The molecule has 0 aliphatic rings. The lowest BCUT2D eigenvalue weighted by molar-refractivity contribution is -0.170. The predicted octanol–water partition coefficient (Wildman–Crippen LogP) is 3.42. The highest BCUT2D eigenvalue weighted by atomic mass is 19.4. The second-order valence-electron chi connectivity index (χ2n) is 5.91. The van der Waals surface area contributed by atoms with Gasteiger partial charge < -0.3 is 9.64 Å². The van der Waals surface area contributed by atoms with Crippen molar-refractivity contribution in [2.75, 3.05) is 30.0 Å². The van der Waals surface area contributed by atoms with E-state index in [-0.39, 0.29) is 22.8 Å². The summed E-state index contributed by atoms with van der Waals surface area (Å²) in [4.78, 5) is 38.2. The minimum Gasteiger partial charge on any atom is -0.462 e. The highest BCUT2D eigenvalue weighted by Gasteiger charge is 2.44. The standard InChI is InChI=1S/C20H19F3N2O4/c1-3-29-18(27)15-11-7-8-12-16(15)25(19(28)20(21,22)23)13-17(26)24(2)14-9-5-4-6-10-14/h4-12H,3,13H2,1-2H3. The van der Waals surface area contributed by atoms with Gasteiger partial charge >= 0.3 is 18.1 Å². The third-order valence-corrected chi connectivity index (χ3v) is 3.99. The fourth-order valence-electron chi connectivity index (χ4n) is 2.55. The van der Waals surface area contributed by atoms with Crippen LogP contribution in [0.5, 0.6) is 0 Å². The summed E-state index contributed by atoms with van der Waals surface area (Å²) in [5, 5.41) is 0. The summed E-state index contributed by atoms with van der Waals surface area (Å²) < 4.78 is 44.5. The molecule has 29 heavy (non-hydrogen) atoms. The Morgan fingerprint density at radius 1 is 0.966 bits per heavy atom. The number of hydrogen-bond donors (Lipinski definition) is 0. The molecule has 0 fully saturated rings. The maximum atomic E-state index is 13.2. The molecule has 0 spiro atoms. The number of anilines is 2. The van der Waals surface area contributed by atoms with Crippen molar-refractivity contribution in [2.45, 2.75) is 13.1 Å². The average molecular weight is 408 g/mol. The Kier molecular flexibility index (Phi) is 6.98. The number of carbonyl (C=O) groups is 3. The SMILES string of the molecule is CCOC(=O)c1ccccc1N(CC(=O)N(C)c1ccccc1)C(=O)C(F)(F)F.